The molecule has 1 atom stereocenters. The molecule has 1 saturated heterocycles. The lowest BCUT2D eigenvalue weighted by Gasteiger charge is -2.31. The fourth-order valence-electron chi connectivity index (χ4n) is 2.72. The van der Waals surface area contributed by atoms with Crippen LogP contribution in [0.25, 0.3) is 0 Å². The highest BCUT2D eigenvalue weighted by Crippen LogP contribution is 2.24. The number of hydrogen-bond acceptors (Lipinski definition) is 6. The van der Waals surface area contributed by atoms with E-state index in [1.54, 1.807) is 0 Å². The van der Waals surface area contributed by atoms with Crippen LogP contribution in [0.2, 0.25) is 0 Å². The summed E-state index contributed by atoms with van der Waals surface area (Å²) in [5.41, 5.74) is 5.36. The molecule has 1 aromatic carbocycles. The molecular formula is C15H23N3O5S2. The van der Waals surface area contributed by atoms with Crippen LogP contribution in [0.3, 0.4) is 0 Å². The molecule has 0 bridgehead atoms. The average molecular weight is 389 g/mol. The molecule has 1 aromatic rings. The maximum absolute atomic E-state index is 12.8. The molecule has 25 heavy (non-hydrogen) atoms. The smallest absolute Gasteiger partial charge is 0.243 e. The van der Waals surface area contributed by atoms with Crippen LogP contribution in [-0.2, 0) is 24.7 Å². The van der Waals surface area contributed by atoms with Crippen LogP contribution in [0.5, 0.6) is 0 Å². The monoisotopic (exact) mass is 389 g/mol. The van der Waals surface area contributed by atoms with Crippen molar-refractivity contribution in [3.8, 4) is 0 Å². The van der Waals surface area contributed by atoms with Gasteiger partial charge < -0.3 is 11.1 Å². The predicted octanol–water partition coefficient (Wildman–Crippen LogP) is -0.434. The van der Waals surface area contributed by atoms with Crippen molar-refractivity contribution in [2.75, 3.05) is 32.4 Å². The van der Waals surface area contributed by atoms with Gasteiger partial charge in [0, 0.05) is 32.4 Å². The molecule has 8 nitrogen and oxygen atoms in total. The molecule has 3 N–H and O–H groups in total. The number of rotatable bonds is 6. The predicted molar refractivity (Wildman–Crippen MR) is 93.1 cm³/mol. The maximum Gasteiger partial charge on any atom is 0.243 e. The normalized spacial score (nSPS) is 19.5. The van der Waals surface area contributed by atoms with Gasteiger partial charge >= 0.3 is 0 Å². The Morgan fingerprint density at radius 3 is 2.36 bits per heavy atom. The number of carbonyl (C=O) groups excluding carboxylic acids is 1. The third-order valence-corrected chi connectivity index (χ3v) is 7.10. The summed E-state index contributed by atoms with van der Waals surface area (Å²) in [6, 6.07) is 5.11. The first-order valence-corrected chi connectivity index (χ1v) is 11.3. The fourth-order valence-corrected chi connectivity index (χ4v) is 4.88. The highest BCUT2D eigenvalue weighted by molar-refractivity contribution is 7.90. The van der Waals surface area contributed by atoms with Gasteiger partial charge in [-0.25, -0.2) is 16.8 Å². The summed E-state index contributed by atoms with van der Waals surface area (Å²) in [7, 11) is -7.17. The highest BCUT2D eigenvalue weighted by Gasteiger charge is 2.33. The molecule has 1 fully saturated rings. The van der Waals surface area contributed by atoms with E-state index in [-0.39, 0.29) is 22.2 Å². The number of sulfonamides is 1. The summed E-state index contributed by atoms with van der Waals surface area (Å²) in [6.07, 6.45) is 2.27. The number of piperidine rings is 1. The Hall–Kier alpha value is -1.49. The Kier molecular flexibility index (Phi) is 6.20. The van der Waals surface area contributed by atoms with Crippen molar-refractivity contribution >= 4 is 25.8 Å². The number of amides is 1. The van der Waals surface area contributed by atoms with E-state index in [9.17, 15) is 21.6 Å². The zero-order valence-corrected chi connectivity index (χ0v) is 15.6. The van der Waals surface area contributed by atoms with Gasteiger partial charge in [0.2, 0.25) is 15.9 Å². The lowest BCUT2D eigenvalue weighted by Crippen LogP contribution is -2.46. The van der Waals surface area contributed by atoms with Crippen molar-refractivity contribution in [3.05, 3.63) is 24.3 Å². The van der Waals surface area contributed by atoms with Gasteiger partial charge in [-0.3, -0.25) is 4.79 Å². The second kappa shape index (κ2) is 7.81. The van der Waals surface area contributed by atoms with E-state index in [1.165, 1.54) is 28.6 Å². The largest absolute Gasteiger partial charge is 0.355 e. The molecule has 1 heterocycles. The van der Waals surface area contributed by atoms with Crippen molar-refractivity contribution in [2.24, 2.45) is 11.7 Å². The Labute approximate surface area is 148 Å². The lowest BCUT2D eigenvalue weighted by atomic mass is 9.99. The SMILES string of the molecule is CS(=O)(=O)c1ccc(S(=O)(=O)N2CCCC(C(=O)NCCN)C2)cc1. The minimum absolute atomic E-state index is 0.0166. The van der Waals surface area contributed by atoms with E-state index in [0.29, 0.717) is 32.5 Å². The van der Waals surface area contributed by atoms with Gasteiger partial charge in [-0.2, -0.15) is 4.31 Å². The third kappa shape index (κ3) is 4.78. The molecule has 10 heteroatoms. The maximum atomic E-state index is 12.8. The van der Waals surface area contributed by atoms with Crippen LogP contribution >= 0.6 is 0 Å². The molecule has 1 aliphatic rings. The quantitative estimate of drug-likeness (QED) is 0.679. The van der Waals surface area contributed by atoms with Gasteiger partial charge in [0.25, 0.3) is 0 Å². The summed E-state index contributed by atoms with van der Waals surface area (Å²) in [4.78, 5) is 12.1. The zero-order chi connectivity index (χ0) is 18.7. The number of nitrogens with one attached hydrogen (secondary N) is 1. The summed E-state index contributed by atoms with van der Waals surface area (Å²) < 4.78 is 49.8. The van der Waals surface area contributed by atoms with Crippen LogP contribution in [-0.4, -0.2) is 59.5 Å². The molecule has 1 unspecified atom stereocenters. The van der Waals surface area contributed by atoms with Gasteiger partial charge in [0.15, 0.2) is 9.84 Å². The standard InChI is InChI=1S/C15H23N3O5S2/c1-24(20,21)13-4-6-14(7-5-13)25(22,23)18-10-2-3-12(11-18)15(19)17-9-8-16/h4-7,12H,2-3,8-11,16H2,1H3,(H,17,19). The summed E-state index contributed by atoms with van der Waals surface area (Å²) in [5, 5.41) is 2.69. The Morgan fingerprint density at radius 2 is 1.80 bits per heavy atom. The van der Waals surface area contributed by atoms with E-state index < -0.39 is 25.8 Å². The topological polar surface area (TPSA) is 127 Å². The van der Waals surface area contributed by atoms with E-state index >= 15 is 0 Å². The second-order valence-corrected chi connectivity index (χ2v) is 9.98. The lowest BCUT2D eigenvalue weighted by molar-refractivity contribution is -0.126. The van der Waals surface area contributed by atoms with Crippen molar-refractivity contribution in [3.63, 3.8) is 0 Å². The van der Waals surface area contributed by atoms with Crippen LogP contribution in [0.4, 0.5) is 0 Å². The van der Waals surface area contributed by atoms with E-state index in [2.05, 4.69) is 5.32 Å². The van der Waals surface area contributed by atoms with Crippen molar-refractivity contribution in [1.29, 1.82) is 0 Å². The fraction of sp³-hybridized carbons (Fsp3) is 0.533. The minimum atomic E-state index is -3.78. The van der Waals surface area contributed by atoms with Gasteiger partial charge in [-0.15, -0.1) is 0 Å². The number of benzene rings is 1. The molecule has 0 aliphatic carbocycles. The number of hydrogen-bond donors (Lipinski definition) is 2. The van der Waals surface area contributed by atoms with Crippen molar-refractivity contribution in [2.45, 2.75) is 22.6 Å². The minimum Gasteiger partial charge on any atom is -0.355 e. The van der Waals surface area contributed by atoms with E-state index in [1.807, 2.05) is 0 Å². The zero-order valence-electron chi connectivity index (χ0n) is 14.0. The summed E-state index contributed by atoms with van der Waals surface area (Å²) >= 11 is 0. The van der Waals surface area contributed by atoms with Crippen LogP contribution < -0.4 is 11.1 Å². The molecule has 1 amide bonds. The van der Waals surface area contributed by atoms with Gasteiger partial charge in [0.1, 0.15) is 0 Å². The molecule has 0 spiro atoms. The second-order valence-electron chi connectivity index (χ2n) is 6.03. The summed E-state index contributed by atoms with van der Waals surface area (Å²) in [5.74, 6) is -0.608. The first-order chi connectivity index (χ1) is 11.7. The average Bonchev–Trinajstić information content (AvgIpc) is 2.59. The van der Waals surface area contributed by atoms with E-state index in [0.717, 1.165) is 6.26 Å². The van der Waals surface area contributed by atoms with Gasteiger partial charge in [-0.05, 0) is 37.1 Å². The molecule has 1 aliphatic heterocycles. The first kappa shape index (κ1) is 19.8. The highest BCUT2D eigenvalue weighted by atomic mass is 32.2. The summed E-state index contributed by atoms with van der Waals surface area (Å²) in [6.45, 7) is 1.12. The molecular weight excluding hydrogens is 366 g/mol. The molecule has 0 aromatic heterocycles. The van der Waals surface area contributed by atoms with Gasteiger partial charge in [0.05, 0.1) is 15.7 Å². The third-order valence-electron chi connectivity index (χ3n) is 4.09. The number of nitrogens with two attached hydrogens (primary N) is 1. The van der Waals surface area contributed by atoms with Crippen molar-refractivity contribution < 1.29 is 21.6 Å². The number of sulfone groups is 1. The molecule has 0 saturated carbocycles. The number of nitrogens with zero attached hydrogens (tertiary/aromatic N) is 1. The molecule has 0 radical (unpaired) electrons. The van der Waals surface area contributed by atoms with E-state index in [4.69, 9.17) is 5.73 Å². The van der Waals surface area contributed by atoms with Crippen LogP contribution in [0.15, 0.2) is 34.1 Å². The Balaban J connectivity index is 2.17. The molecule has 2 rings (SSSR count). The molecule has 140 valence electrons. The Bertz CT molecular complexity index is 819. The van der Waals surface area contributed by atoms with Crippen LogP contribution in [0, 0.1) is 5.92 Å². The van der Waals surface area contributed by atoms with Gasteiger partial charge in [-0.1, -0.05) is 0 Å². The first-order valence-electron chi connectivity index (χ1n) is 7.94. The Morgan fingerprint density at radius 1 is 1.20 bits per heavy atom. The van der Waals surface area contributed by atoms with Crippen molar-refractivity contribution in [1.82, 2.24) is 9.62 Å². The van der Waals surface area contributed by atoms with Crippen LogP contribution in [0.1, 0.15) is 12.8 Å². The number of carbonyl (C=O) groups is 1.